The van der Waals surface area contributed by atoms with Crippen LogP contribution in [-0.2, 0) is 0 Å². The molecule has 1 aromatic rings. The van der Waals surface area contributed by atoms with Gasteiger partial charge < -0.3 is 5.32 Å². The Labute approximate surface area is 95.1 Å². The van der Waals surface area contributed by atoms with Gasteiger partial charge in [0.05, 0.1) is 0 Å². The summed E-state index contributed by atoms with van der Waals surface area (Å²) in [5.74, 6) is 0. The van der Waals surface area contributed by atoms with Crippen LogP contribution in [0.1, 0.15) is 24.8 Å². The van der Waals surface area contributed by atoms with Crippen molar-refractivity contribution in [1.29, 1.82) is 0 Å². The van der Waals surface area contributed by atoms with Crippen LogP contribution in [-0.4, -0.2) is 28.3 Å². The number of rotatable bonds is 3. The molecule has 1 N–H and O–H groups in total. The van der Waals surface area contributed by atoms with Crippen LogP contribution in [0.15, 0.2) is 17.6 Å². The van der Waals surface area contributed by atoms with Gasteiger partial charge in [-0.15, -0.1) is 0 Å². The number of nitrogens with one attached hydrogen (secondary N) is 1. The molecule has 0 spiro atoms. The number of nitrogens with zero attached hydrogens (tertiary/aromatic N) is 2. The lowest BCUT2D eigenvalue weighted by Crippen LogP contribution is -2.21. The molecule has 2 rings (SSSR count). The molecule has 2 unspecified atom stereocenters. The molecule has 0 bridgehead atoms. The summed E-state index contributed by atoms with van der Waals surface area (Å²) in [6.07, 6.45) is 7.56. The van der Waals surface area contributed by atoms with Crippen LogP contribution in [0.5, 0.6) is 0 Å². The smallest absolute Gasteiger partial charge is 0.187 e. The van der Waals surface area contributed by atoms with Crippen molar-refractivity contribution in [2.24, 2.45) is 0 Å². The first kappa shape index (κ1) is 10.9. The lowest BCUT2D eigenvalue weighted by molar-refractivity contribution is 0.583. The highest BCUT2D eigenvalue weighted by atomic mass is 32.2. The van der Waals surface area contributed by atoms with Crippen molar-refractivity contribution in [2.45, 2.75) is 42.6 Å². The fraction of sp³-hybridized carbons (Fsp3) is 0.636. The normalized spacial score (nSPS) is 25.7. The van der Waals surface area contributed by atoms with Crippen LogP contribution in [0.2, 0.25) is 0 Å². The molecule has 3 nitrogen and oxygen atoms in total. The van der Waals surface area contributed by atoms with Gasteiger partial charge in [0, 0.05) is 23.7 Å². The molecule has 4 heteroatoms. The molecule has 1 aromatic heterocycles. The molecule has 1 heterocycles. The summed E-state index contributed by atoms with van der Waals surface area (Å²) >= 11 is 1.82. The summed E-state index contributed by atoms with van der Waals surface area (Å²) in [6, 6.07) is 0.688. The molecule has 1 aliphatic rings. The Balaban J connectivity index is 1.90. The molecule has 1 saturated carbocycles. The monoisotopic (exact) mass is 223 g/mol. The Morgan fingerprint density at radius 2 is 2.07 bits per heavy atom. The Bertz CT molecular complexity index is 312. The average molecular weight is 223 g/mol. The second-order valence-electron chi connectivity index (χ2n) is 4.08. The third-order valence-corrected chi connectivity index (χ3v) is 4.01. The standard InChI is InChI=1S/C11H17N3S/c1-8-6-13-11(14-7-8)15-10-4-3-9(5-10)12-2/h6-7,9-10,12H,3-5H2,1-2H3. The minimum Gasteiger partial charge on any atom is -0.317 e. The second-order valence-corrected chi connectivity index (χ2v) is 5.35. The van der Waals surface area contributed by atoms with E-state index in [1.807, 2.05) is 38.1 Å². The van der Waals surface area contributed by atoms with Gasteiger partial charge >= 0.3 is 0 Å². The highest BCUT2D eigenvalue weighted by Gasteiger charge is 2.24. The van der Waals surface area contributed by atoms with Crippen LogP contribution in [0.4, 0.5) is 0 Å². The molecule has 1 aliphatic carbocycles. The van der Waals surface area contributed by atoms with Gasteiger partial charge in [0.1, 0.15) is 0 Å². The molecule has 82 valence electrons. The topological polar surface area (TPSA) is 37.8 Å². The minimum absolute atomic E-state index is 0.685. The fourth-order valence-electron chi connectivity index (χ4n) is 1.90. The molecule has 1 fully saturated rings. The molecule has 0 radical (unpaired) electrons. The number of hydrogen-bond acceptors (Lipinski definition) is 4. The van der Waals surface area contributed by atoms with E-state index >= 15 is 0 Å². The Morgan fingerprint density at radius 3 is 2.67 bits per heavy atom. The maximum Gasteiger partial charge on any atom is 0.187 e. The lowest BCUT2D eigenvalue weighted by Gasteiger charge is -2.09. The van der Waals surface area contributed by atoms with E-state index in [9.17, 15) is 0 Å². The van der Waals surface area contributed by atoms with E-state index in [1.54, 1.807) is 0 Å². The van der Waals surface area contributed by atoms with E-state index in [2.05, 4.69) is 15.3 Å². The van der Waals surface area contributed by atoms with Gasteiger partial charge in [-0.1, -0.05) is 11.8 Å². The molecule has 0 aliphatic heterocycles. The van der Waals surface area contributed by atoms with E-state index in [4.69, 9.17) is 0 Å². The van der Waals surface area contributed by atoms with Crippen LogP contribution in [0.3, 0.4) is 0 Å². The second kappa shape index (κ2) is 4.94. The van der Waals surface area contributed by atoms with Gasteiger partial charge in [-0.05, 0) is 38.8 Å². The molecule has 2 atom stereocenters. The zero-order valence-corrected chi connectivity index (χ0v) is 10.0. The van der Waals surface area contributed by atoms with Crippen LogP contribution < -0.4 is 5.32 Å². The van der Waals surface area contributed by atoms with E-state index in [-0.39, 0.29) is 0 Å². The van der Waals surface area contributed by atoms with E-state index in [0.717, 1.165) is 10.7 Å². The minimum atomic E-state index is 0.685. The predicted octanol–water partition coefficient (Wildman–Crippen LogP) is 2.02. The SMILES string of the molecule is CNC1CCC(Sc2ncc(C)cn2)C1. The number of thioether (sulfide) groups is 1. The lowest BCUT2D eigenvalue weighted by atomic mass is 10.3. The molecular formula is C11H17N3S. The van der Waals surface area contributed by atoms with Gasteiger partial charge in [0.15, 0.2) is 5.16 Å². The molecule has 0 saturated heterocycles. The first-order valence-electron chi connectivity index (χ1n) is 5.40. The van der Waals surface area contributed by atoms with E-state index < -0.39 is 0 Å². The quantitative estimate of drug-likeness (QED) is 0.796. The van der Waals surface area contributed by atoms with Crippen molar-refractivity contribution in [3.8, 4) is 0 Å². The molecular weight excluding hydrogens is 206 g/mol. The van der Waals surface area contributed by atoms with Crippen LogP contribution >= 0.6 is 11.8 Å². The highest BCUT2D eigenvalue weighted by molar-refractivity contribution is 7.99. The summed E-state index contributed by atoms with van der Waals surface area (Å²) in [5, 5.41) is 4.94. The zero-order valence-electron chi connectivity index (χ0n) is 9.23. The number of aryl methyl sites for hydroxylation is 1. The van der Waals surface area contributed by atoms with Gasteiger partial charge in [0.2, 0.25) is 0 Å². The first-order valence-corrected chi connectivity index (χ1v) is 6.28. The molecule has 0 aromatic carbocycles. The Kier molecular flexibility index (Phi) is 3.59. The average Bonchev–Trinajstić information content (AvgIpc) is 2.69. The largest absolute Gasteiger partial charge is 0.317 e. The summed E-state index contributed by atoms with van der Waals surface area (Å²) in [4.78, 5) is 8.65. The first-order chi connectivity index (χ1) is 7.28. The summed E-state index contributed by atoms with van der Waals surface area (Å²) < 4.78 is 0. The third kappa shape index (κ3) is 2.92. The van der Waals surface area contributed by atoms with Crippen molar-refractivity contribution in [3.05, 3.63) is 18.0 Å². The maximum absolute atomic E-state index is 4.32. The van der Waals surface area contributed by atoms with Crippen molar-refractivity contribution in [3.63, 3.8) is 0 Å². The third-order valence-electron chi connectivity index (χ3n) is 2.82. The summed E-state index contributed by atoms with van der Waals surface area (Å²) in [6.45, 7) is 2.01. The highest BCUT2D eigenvalue weighted by Crippen LogP contribution is 2.32. The van der Waals surface area contributed by atoms with Gasteiger partial charge in [-0.2, -0.15) is 0 Å². The van der Waals surface area contributed by atoms with Gasteiger partial charge in [0.25, 0.3) is 0 Å². The molecule has 0 amide bonds. The van der Waals surface area contributed by atoms with Crippen molar-refractivity contribution < 1.29 is 0 Å². The van der Waals surface area contributed by atoms with Gasteiger partial charge in [-0.3, -0.25) is 0 Å². The number of aromatic nitrogens is 2. The number of hydrogen-bond donors (Lipinski definition) is 1. The molecule has 15 heavy (non-hydrogen) atoms. The van der Waals surface area contributed by atoms with E-state index in [0.29, 0.717) is 11.3 Å². The Hall–Kier alpha value is -0.610. The van der Waals surface area contributed by atoms with Crippen LogP contribution in [0, 0.1) is 6.92 Å². The van der Waals surface area contributed by atoms with Crippen molar-refractivity contribution >= 4 is 11.8 Å². The Morgan fingerprint density at radius 1 is 1.33 bits per heavy atom. The van der Waals surface area contributed by atoms with Crippen molar-refractivity contribution in [2.75, 3.05) is 7.05 Å². The van der Waals surface area contributed by atoms with Crippen LogP contribution in [0.25, 0.3) is 0 Å². The van der Waals surface area contributed by atoms with Gasteiger partial charge in [-0.25, -0.2) is 9.97 Å². The van der Waals surface area contributed by atoms with Crippen molar-refractivity contribution in [1.82, 2.24) is 15.3 Å². The summed E-state index contributed by atoms with van der Waals surface area (Å²) in [7, 11) is 2.04. The summed E-state index contributed by atoms with van der Waals surface area (Å²) in [5.41, 5.74) is 1.12. The predicted molar refractivity (Wildman–Crippen MR) is 63.1 cm³/mol. The zero-order chi connectivity index (χ0) is 10.7. The maximum atomic E-state index is 4.32. The van der Waals surface area contributed by atoms with E-state index in [1.165, 1.54) is 19.3 Å². The fourth-order valence-corrected chi connectivity index (χ4v) is 3.01.